The van der Waals surface area contributed by atoms with Crippen LogP contribution in [-0.2, 0) is 0 Å². The summed E-state index contributed by atoms with van der Waals surface area (Å²) in [4.78, 5) is 0. The van der Waals surface area contributed by atoms with Gasteiger partial charge < -0.3 is 12.4 Å². The largest absolute Gasteiger partial charge is 1.00 e. The lowest BCUT2D eigenvalue weighted by atomic mass is 10.1. The fourth-order valence-electron chi connectivity index (χ4n) is 3.79. The van der Waals surface area contributed by atoms with Gasteiger partial charge in [0.05, 0.1) is 6.16 Å². The van der Waals surface area contributed by atoms with E-state index in [4.69, 9.17) is 0 Å². The predicted molar refractivity (Wildman–Crippen MR) is 132 cm³/mol. The zero-order valence-corrected chi connectivity index (χ0v) is 19.9. The Hall–Kier alpha value is -2.14. The summed E-state index contributed by atoms with van der Waals surface area (Å²) < 4.78 is 0. The second-order valence-electron chi connectivity index (χ2n) is 7.87. The summed E-state index contributed by atoms with van der Waals surface area (Å²) in [6.07, 6.45) is 8.15. The minimum Gasteiger partial charge on any atom is -1.00 e. The molecule has 0 aliphatic rings. The number of halogens is 1. The zero-order chi connectivity index (χ0) is 20.5. The van der Waals surface area contributed by atoms with Crippen LogP contribution in [0.15, 0.2) is 114 Å². The Kier molecular flexibility index (Phi) is 9.57. The molecule has 0 aliphatic heterocycles. The van der Waals surface area contributed by atoms with Crippen molar-refractivity contribution in [2.24, 2.45) is 0 Å². The van der Waals surface area contributed by atoms with E-state index in [1.807, 2.05) is 0 Å². The van der Waals surface area contributed by atoms with E-state index in [-0.39, 0.29) is 12.4 Å². The van der Waals surface area contributed by atoms with Crippen LogP contribution >= 0.6 is 7.26 Å². The molecule has 0 saturated carbocycles. The summed E-state index contributed by atoms with van der Waals surface area (Å²) in [6, 6.07) is 33.4. The van der Waals surface area contributed by atoms with Gasteiger partial charge in [-0.05, 0) is 76.1 Å². The molecule has 0 fully saturated rings. The first-order valence-corrected chi connectivity index (χ1v) is 12.4. The van der Waals surface area contributed by atoms with Crippen LogP contribution in [0.3, 0.4) is 0 Å². The standard InChI is InChI=1S/C28H32P.ClH/c1-24(2)14-13-15-25(3)22-23-29(26-16-7-4-8-17-26,27-18-9-5-10-19-27)28-20-11-6-12-21-28;/h4-12,14,16-22H,13,15,23H2,1-3H3;1H/q+1;/p-1/b25-22+;. The molecule has 0 atom stereocenters. The highest BCUT2D eigenvalue weighted by Gasteiger charge is 2.44. The van der Waals surface area contributed by atoms with Gasteiger partial charge in [0.1, 0.15) is 23.2 Å². The van der Waals surface area contributed by atoms with Crippen LogP contribution in [0.2, 0.25) is 0 Å². The van der Waals surface area contributed by atoms with Crippen molar-refractivity contribution in [2.45, 2.75) is 33.6 Å². The lowest BCUT2D eigenvalue weighted by molar-refractivity contribution is -0.00000596. The lowest BCUT2D eigenvalue weighted by Crippen LogP contribution is -3.00. The highest BCUT2D eigenvalue weighted by atomic mass is 35.5. The summed E-state index contributed by atoms with van der Waals surface area (Å²) >= 11 is 0. The van der Waals surface area contributed by atoms with E-state index in [9.17, 15) is 0 Å². The molecule has 3 aromatic rings. The predicted octanol–water partition coefficient (Wildman–Crippen LogP) is 3.68. The Bertz CT molecular complexity index is 843. The van der Waals surface area contributed by atoms with Crippen molar-refractivity contribution in [3.8, 4) is 0 Å². The van der Waals surface area contributed by atoms with Gasteiger partial charge >= 0.3 is 0 Å². The average Bonchev–Trinajstić information content (AvgIpc) is 2.76. The van der Waals surface area contributed by atoms with Crippen molar-refractivity contribution in [2.75, 3.05) is 6.16 Å². The van der Waals surface area contributed by atoms with Crippen LogP contribution in [0.5, 0.6) is 0 Å². The fourth-order valence-corrected chi connectivity index (χ4v) is 7.95. The van der Waals surface area contributed by atoms with Gasteiger partial charge in [-0.2, -0.15) is 0 Å². The first-order valence-electron chi connectivity index (χ1n) is 10.5. The topological polar surface area (TPSA) is 0 Å². The first-order chi connectivity index (χ1) is 14.1. The lowest BCUT2D eigenvalue weighted by Gasteiger charge is -2.27. The minimum atomic E-state index is -1.75. The zero-order valence-electron chi connectivity index (χ0n) is 18.3. The van der Waals surface area contributed by atoms with Crippen LogP contribution in [0.1, 0.15) is 33.6 Å². The smallest absolute Gasteiger partial charge is 0.115 e. The highest BCUT2D eigenvalue weighted by molar-refractivity contribution is 7.95. The minimum absolute atomic E-state index is 0. The molecular weight excluding hydrogens is 403 g/mol. The van der Waals surface area contributed by atoms with Gasteiger partial charge in [0.15, 0.2) is 0 Å². The van der Waals surface area contributed by atoms with Gasteiger partial charge in [-0.3, -0.25) is 0 Å². The van der Waals surface area contributed by atoms with Gasteiger partial charge in [0.25, 0.3) is 0 Å². The Morgan fingerprint density at radius 1 is 0.633 bits per heavy atom. The van der Waals surface area contributed by atoms with Gasteiger partial charge in [-0.15, -0.1) is 0 Å². The van der Waals surface area contributed by atoms with Crippen molar-refractivity contribution in [1.82, 2.24) is 0 Å². The van der Waals surface area contributed by atoms with Crippen LogP contribution in [0.25, 0.3) is 0 Å². The number of allylic oxidation sites excluding steroid dienone is 4. The van der Waals surface area contributed by atoms with Gasteiger partial charge in [-0.1, -0.05) is 71.8 Å². The Balaban J connectivity index is 0.00000320. The van der Waals surface area contributed by atoms with Crippen molar-refractivity contribution < 1.29 is 12.4 Å². The van der Waals surface area contributed by atoms with E-state index in [0.29, 0.717) is 0 Å². The van der Waals surface area contributed by atoms with Crippen molar-refractivity contribution in [1.29, 1.82) is 0 Å². The molecular formula is C28H32ClP. The molecule has 3 rings (SSSR count). The fraction of sp³-hybridized carbons (Fsp3) is 0.214. The number of rotatable bonds is 8. The van der Waals surface area contributed by atoms with Crippen molar-refractivity contribution in [3.05, 3.63) is 114 Å². The molecule has 0 nitrogen and oxygen atoms in total. The highest BCUT2D eigenvalue weighted by Crippen LogP contribution is 2.55. The summed E-state index contributed by atoms with van der Waals surface area (Å²) in [6.45, 7) is 6.64. The molecule has 0 N–H and O–H groups in total. The number of hydrogen-bond donors (Lipinski definition) is 0. The van der Waals surface area contributed by atoms with E-state index >= 15 is 0 Å². The molecule has 0 saturated heterocycles. The molecule has 0 unspecified atom stereocenters. The van der Waals surface area contributed by atoms with Crippen molar-refractivity contribution in [3.63, 3.8) is 0 Å². The van der Waals surface area contributed by atoms with Gasteiger partial charge in [-0.25, -0.2) is 0 Å². The second-order valence-corrected chi connectivity index (χ2v) is 11.4. The number of benzene rings is 3. The molecule has 0 radical (unpaired) electrons. The first kappa shape index (κ1) is 24.1. The van der Waals surface area contributed by atoms with Crippen LogP contribution < -0.4 is 28.3 Å². The molecule has 0 heterocycles. The molecule has 30 heavy (non-hydrogen) atoms. The van der Waals surface area contributed by atoms with E-state index in [1.165, 1.54) is 27.1 Å². The third-order valence-corrected chi connectivity index (χ3v) is 9.67. The maximum Gasteiger partial charge on any atom is 0.115 e. The monoisotopic (exact) mass is 434 g/mol. The van der Waals surface area contributed by atoms with Crippen LogP contribution in [0.4, 0.5) is 0 Å². The summed E-state index contributed by atoms with van der Waals surface area (Å²) in [7, 11) is -1.75. The third-order valence-electron chi connectivity index (χ3n) is 5.40. The Labute approximate surface area is 189 Å². The Morgan fingerprint density at radius 2 is 1.03 bits per heavy atom. The van der Waals surface area contributed by atoms with E-state index < -0.39 is 7.26 Å². The van der Waals surface area contributed by atoms with Crippen molar-refractivity contribution >= 4 is 23.2 Å². The summed E-state index contributed by atoms with van der Waals surface area (Å²) in [5, 5.41) is 4.35. The molecule has 2 heteroatoms. The van der Waals surface area contributed by atoms with E-state index in [2.05, 4.69) is 124 Å². The third kappa shape index (κ3) is 5.94. The molecule has 0 aromatic heterocycles. The summed E-state index contributed by atoms with van der Waals surface area (Å²) in [5.74, 6) is 0. The second kappa shape index (κ2) is 11.9. The molecule has 0 amide bonds. The molecule has 0 aliphatic carbocycles. The maximum atomic E-state index is 2.50. The molecule has 3 aromatic carbocycles. The quantitative estimate of drug-likeness (QED) is 0.375. The van der Waals surface area contributed by atoms with Gasteiger partial charge in [0.2, 0.25) is 0 Å². The normalized spacial score (nSPS) is 11.5. The molecule has 156 valence electrons. The van der Waals surface area contributed by atoms with Crippen LogP contribution in [0, 0.1) is 0 Å². The Morgan fingerprint density at radius 3 is 1.40 bits per heavy atom. The molecule has 0 bridgehead atoms. The average molecular weight is 435 g/mol. The van der Waals surface area contributed by atoms with Gasteiger partial charge in [0, 0.05) is 0 Å². The van der Waals surface area contributed by atoms with E-state index in [1.54, 1.807) is 0 Å². The van der Waals surface area contributed by atoms with E-state index in [0.717, 1.165) is 19.0 Å². The van der Waals surface area contributed by atoms with Crippen LogP contribution in [-0.4, -0.2) is 6.16 Å². The SMILES string of the molecule is CC(C)=CCC/C(C)=C/C[P+](c1ccccc1)(c1ccccc1)c1ccccc1.[Cl-]. The number of hydrogen-bond acceptors (Lipinski definition) is 0. The summed E-state index contributed by atoms with van der Waals surface area (Å²) in [5.41, 5.74) is 2.88. The maximum absolute atomic E-state index is 2.50. The molecule has 0 spiro atoms.